The van der Waals surface area contributed by atoms with Gasteiger partial charge in [-0.1, -0.05) is 6.92 Å². The smallest absolute Gasteiger partial charge is 0.191 e. The molecule has 0 aromatic carbocycles. The van der Waals surface area contributed by atoms with Crippen LogP contribution in [0.25, 0.3) is 0 Å². The fourth-order valence-corrected chi connectivity index (χ4v) is 3.29. The van der Waals surface area contributed by atoms with Crippen LogP contribution in [0.4, 0.5) is 0 Å². The molecule has 2 N–H and O–H groups in total. The largest absolute Gasteiger partial charge is 0.355 e. The Balaban J connectivity index is 0.00000288. The zero-order chi connectivity index (χ0) is 16.8. The molecule has 2 heterocycles. The van der Waals surface area contributed by atoms with Crippen LogP contribution in [-0.4, -0.2) is 53.9 Å². The van der Waals surface area contributed by atoms with Gasteiger partial charge in [0.1, 0.15) is 0 Å². The van der Waals surface area contributed by atoms with Crippen molar-refractivity contribution in [2.45, 2.75) is 40.2 Å². The molecule has 6 nitrogen and oxygen atoms in total. The summed E-state index contributed by atoms with van der Waals surface area (Å²) in [6.45, 7) is 11.7. The van der Waals surface area contributed by atoms with Gasteiger partial charge in [0.05, 0.1) is 5.69 Å². The van der Waals surface area contributed by atoms with Crippen LogP contribution >= 0.6 is 24.0 Å². The molecule has 1 atom stereocenters. The molecule has 24 heavy (non-hydrogen) atoms. The molecule has 0 saturated carbocycles. The Morgan fingerprint density at radius 2 is 2.08 bits per heavy atom. The van der Waals surface area contributed by atoms with E-state index in [-0.39, 0.29) is 24.0 Å². The summed E-state index contributed by atoms with van der Waals surface area (Å²) < 4.78 is 1.93. The third-order valence-corrected chi connectivity index (χ3v) is 4.78. The molecule has 0 spiro atoms. The van der Waals surface area contributed by atoms with E-state index in [9.17, 15) is 0 Å². The van der Waals surface area contributed by atoms with Crippen molar-refractivity contribution in [2.75, 3.05) is 33.2 Å². The SMILES string of the molecule is CN=C(NCCN1CCCC(C)C1)NCc1c(C)nn(C)c1C.I. The van der Waals surface area contributed by atoms with Gasteiger partial charge in [-0.2, -0.15) is 5.10 Å². The number of nitrogens with zero attached hydrogens (tertiary/aromatic N) is 4. The average molecular weight is 448 g/mol. The molecule has 1 aliphatic rings. The highest BCUT2D eigenvalue weighted by Gasteiger charge is 2.15. The van der Waals surface area contributed by atoms with Crippen LogP contribution in [0, 0.1) is 19.8 Å². The second-order valence-electron chi connectivity index (χ2n) is 6.67. The van der Waals surface area contributed by atoms with Gasteiger partial charge in [0.2, 0.25) is 0 Å². The van der Waals surface area contributed by atoms with Crippen LogP contribution < -0.4 is 10.6 Å². The highest BCUT2D eigenvalue weighted by molar-refractivity contribution is 14.0. The van der Waals surface area contributed by atoms with E-state index in [0.29, 0.717) is 0 Å². The Morgan fingerprint density at radius 1 is 1.33 bits per heavy atom. The highest BCUT2D eigenvalue weighted by atomic mass is 127. The van der Waals surface area contributed by atoms with Gasteiger partial charge in [-0.15, -0.1) is 24.0 Å². The molecule has 0 radical (unpaired) electrons. The molecule has 1 saturated heterocycles. The number of halogens is 1. The Morgan fingerprint density at radius 3 is 2.67 bits per heavy atom. The molecule has 1 aromatic heterocycles. The van der Waals surface area contributed by atoms with E-state index < -0.39 is 0 Å². The van der Waals surface area contributed by atoms with E-state index in [1.807, 2.05) is 18.8 Å². The molecule has 0 amide bonds. The second kappa shape index (κ2) is 10.2. The number of hydrogen-bond acceptors (Lipinski definition) is 3. The van der Waals surface area contributed by atoms with Gasteiger partial charge in [-0.3, -0.25) is 9.67 Å². The lowest BCUT2D eigenvalue weighted by Gasteiger charge is -2.30. The number of guanidine groups is 1. The lowest BCUT2D eigenvalue weighted by molar-refractivity contribution is 0.187. The number of likely N-dealkylation sites (tertiary alicyclic amines) is 1. The molecular formula is C17H33IN6. The van der Waals surface area contributed by atoms with Crippen molar-refractivity contribution in [1.82, 2.24) is 25.3 Å². The molecule has 1 fully saturated rings. The van der Waals surface area contributed by atoms with E-state index in [2.05, 4.69) is 46.4 Å². The fourth-order valence-electron chi connectivity index (χ4n) is 3.29. The van der Waals surface area contributed by atoms with Crippen LogP contribution in [0.15, 0.2) is 4.99 Å². The van der Waals surface area contributed by atoms with Crippen molar-refractivity contribution < 1.29 is 0 Å². The molecule has 2 rings (SSSR count). The number of nitrogens with one attached hydrogen (secondary N) is 2. The quantitative estimate of drug-likeness (QED) is 0.412. The standard InChI is InChI=1S/C17H32N6.HI/c1-13-7-6-9-23(12-13)10-8-19-17(18-4)20-11-16-14(2)21-22(5)15(16)3;/h13H,6-12H2,1-5H3,(H2,18,19,20);1H. The van der Waals surface area contributed by atoms with E-state index in [0.717, 1.165) is 37.2 Å². The maximum absolute atomic E-state index is 4.45. The normalized spacial score (nSPS) is 19.0. The monoisotopic (exact) mass is 448 g/mol. The van der Waals surface area contributed by atoms with Crippen LogP contribution in [0.5, 0.6) is 0 Å². The third-order valence-electron chi connectivity index (χ3n) is 4.78. The van der Waals surface area contributed by atoms with Gasteiger partial charge >= 0.3 is 0 Å². The summed E-state index contributed by atoms with van der Waals surface area (Å²) in [7, 11) is 3.81. The average Bonchev–Trinajstić information content (AvgIpc) is 2.76. The first-order valence-corrected chi connectivity index (χ1v) is 8.67. The van der Waals surface area contributed by atoms with Crippen LogP contribution in [0.3, 0.4) is 0 Å². The van der Waals surface area contributed by atoms with Crippen molar-refractivity contribution in [3.05, 3.63) is 17.0 Å². The molecular weight excluding hydrogens is 415 g/mol. The number of aryl methyl sites for hydroxylation is 2. The summed E-state index contributed by atoms with van der Waals surface area (Å²) in [5.74, 6) is 1.69. The minimum atomic E-state index is 0. The number of aromatic nitrogens is 2. The van der Waals surface area contributed by atoms with Crippen LogP contribution in [0.1, 0.15) is 36.7 Å². The number of aliphatic imine (C=N–C) groups is 1. The van der Waals surface area contributed by atoms with Crippen LogP contribution in [0.2, 0.25) is 0 Å². The fraction of sp³-hybridized carbons (Fsp3) is 0.765. The Bertz CT molecular complexity index is 539. The molecule has 1 aliphatic heterocycles. The first-order chi connectivity index (χ1) is 11.0. The van der Waals surface area contributed by atoms with Crippen molar-refractivity contribution in [3.63, 3.8) is 0 Å². The minimum Gasteiger partial charge on any atom is -0.355 e. The minimum absolute atomic E-state index is 0. The molecule has 1 aromatic rings. The molecule has 1 unspecified atom stereocenters. The summed E-state index contributed by atoms with van der Waals surface area (Å²) in [5, 5.41) is 11.3. The number of piperidine rings is 1. The lowest BCUT2D eigenvalue weighted by Crippen LogP contribution is -2.43. The summed E-state index contributed by atoms with van der Waals surface area (Å²) in [6.07, 6.45) is 2.70. The summed E-state index contributed by atoms with van der Waals surface area (Å²) in [5.41, 5.74) is 3.53. The number of hydrogen-bond donors (Lipinski definition) is 2. The van der Waals surface area contributed by atoms with Gasteiger partial charge in [0.15, 0.2) is 5.96 Å². The zero-order valence-corrected chi connectivity index (χ0v) is 18.1. The molecule has 138 valence electrons. The third kappa shape index (κ3) is 5.91. The summed E-state index contributed by atoms with van der Waals surface area (Å²) >= 11 is 0. The first-order valence-electron chi connectivity index (χ1n) is 8.67. The Labute approximate surface area is 163 Å². The molecule has 0 aliphatic carbocycles. The van der Waals surface area contributed by atoms with E-state index in [1.165, 1.54) is 37.2 Å². The van der Waals surface area contributed by atoms with Gasteiger partial charge in [0, 0.05) is 51.5 Å². The molecule has 7 heteroatoms. The summed E-state index contributed by atoms with van der Waals surface area (Å²) in [4.78, 5) is 6.86. The lowest BCUT2D eigenvalue weighted by atomic mass is 10.0. The Kier molecular flexibility index (Phi) is 9.04. The maximum Gasteiger partial charge on any atom is 0.191 e. The van der Waals surface area contributed by atoms with E-state index in [1.54, 1.807) is 0 Å². The van der Waals surface area contributed by atoms with Crippen molar-refractivity contribution in [3.8, 4) is 0 Å². The van der Waals surface area contributed by atoms with E-state index in [4.69, 9.17) is 0 Å². The zero-order valence-electron chi connectivity index (χ0n) is 15.7. The van der Waals surface area contributed by atoms with E-state index >= 15 is 0 Å². The van der Waals surface area contributed by atoms with Gasteiger partial charge in [-0.25, -0.2) is 0 Å². The predicted molar refractivity (Wildman–Crippen MR) is 111 cm³/mol. The van der Waals surface area contributed by atoms with Crippen molar-refractivity contribution >= 4 is 29.9 Å². The molecule has 0 bridgehead atoms. The second-order valence-corrected chi connectivity index (χ2v) is 6.67. The Hall–Kier alpha value is -0.830. The predicted octanol–water partition coefficient (Wildman–Crippen LogP) is 2.05. The highest BCUT2D eigenvalue weighted by Crippen LogP contribution is 2.14. The number of rotatable bonds is 5. The van der Waals surface area contributed by atoms with Gasteiger partial charge in [-0.05, 0) is 39.2 Å². The first kappa shape index (κ1) is 21.2. The topological polar surface area (TPSA) is 57.5 Å². The van der Waals surface area contributed by atoms with Gasteiger partial charge < -0.3 is 15.5 Å². The van der Waals surface area contributed by atoms with Gasteiger partial charge in [0.25, 0.3) is 0 Å². The maximum atomic E-state index is 4.45. The van der Waals surface area contributed by atoms with Crippen molar-refractivity contribution in [2.24, 2.45) is 18.0 Å². The van der Waals surface area contributed by atoms with Crippen LogP contribution in [-0.2, 0) is 13.6 Å². The summed E-state index contributed by atoms with van der Waals surface area (Å²) in [6, 6.07) is 0. The van der Waals surface area contributed by atoms with Crippen molar-refractivity contribution in [1.29, 1.82) is 0 Å².